The van der Waals surface area contributed by atoms with Crippen molar-refractivity contribution in [2.45, 2.75) is 46.5 Å². The maximum atomic E-state index is 7.82. The van der Waals surface area contributed by atoms with Crippen molar-refractivity contribution in [3.05, 3.63) is 16.8 Å². The van der Waals surface area contributed by atoms with Gasteiger partial charge in [0.25, 0.3) is 0 Å². The largest absolute Gasteiger partial charge is 0.384 e. The molecule has 0 amide bonds. The topological polar surface area (TPSA) is 78.9 Å². The molecule has 0 saturated carbocycles. The second-order valence-electron chi connectivity index (χ2n) is 5.74. The predicted molar refractivity (Wildman–Crippen MR) is 82.4 cm³/mol. The van der Waals surface area contributed by atoms with E-state index in [1.807, 2.05) is 13.8 Å². The van der Waals surface area contributed by atoms with Crippen LogP contribution in [0.4, 0.5) is 5.82 Å². The summed E-state index contributed by atoms with van der Waals surface area (Å²) in [5.41, 5.74) is 8.33. The summed E-state index contributed by atoms with van der Waals surface area (Å²) < 4.78 is 0. The molecule has 0 spiro atoms. The highest BCUT2D eigenvalue weighted by molar-refractivity contribution is 6.01. The van der Waals surface area contributed by atoms with Crippen molar-refractivity contribution in [2.75, 3.05) is 18.0 Å². The van der Waals surface area contributed by atoms with Gasteiger partial charge in [-0.3, -0.25) is 5.41 Å². The Kier molecular flexibility index (Phi) is 4.57. The summed E-state index contributed by atoms with van der Waals surface area (Å²) >= 11 is 0. The molecule has 2 heterocycles. The monoisotopic (exact) mass is 275 g/mol. The van der Waals surface area contributed by atoms with Crippen LogP contribution in [-0.4, -0.2) is 29.1 Å². The number of hydrogen-bond donors (Lipinski definition) is 2. The summed E-state index contributed by atoms with van der Waals surface area (Å²) in [5, 5.41) is 16.3. The number of aryl methyl sites for hydroxylation is 1. The number of piperidine rings is 1. The van der Waals surface area contributed by atoms with Crippen LogP contribution in [0.5, 0.6) is 0 Å². The van der Waals surface area contributed by atoms with Gasteiger partial charge in [0.1, 0.15) is 5.84 Å². The molecule has 0 aromatic carbocycles. The minimum absolute atomic E-state index is 0.0891. The molecule has 0 unspecified atom stereocenters. The molecule has 1 aromatic heterocycles. The van der Waals surface area contributed by atoms with Gasteiger partial charge in [-0.05, 0) is 38.2 Å². The molecule has 5 heteroatoms. The van der Waals surface area contributed by atoms with Gasteiger partial charge in [-0.25, -0.2) is 0 Å². The summed E-state index contributed by atoms with van der Waals surface area (Å²) in [6.45, 7) is 8.10. The van der Waals surface area contributed by atoms with Crippen molar-refractivity contribution in [3.63, 3.8) is 0 Å². The average molecular weight is 275 g/mol. The zero-order valence-electron chi connectivity index (χ0n) is 12.7. The first-order chi connectivity index (χ1) is 9.54. The second kappa shape index (κ2) is 6.20. The third-order valence-corrected chi connectivity index (χ3v) is 4.32. The van der Waals surface area contributed by atoms with E-state index < -0.39 is 0 Å². The molecule has 0 aliphatic carbocycles. The van der Waals surface area contributed by atoms with E-state index in [1.54, 1.807) is 0 Å². The first-order valence-electron chi connectivity index (χ1n) is 7.47. The van der Waals surface area contributed by atoms with Crippen molar-refractivity contribution in [3.8, 4) is 0 Å². The van der Waals surface area contributed by atoms with Crippen molar-refractivity contribution in [1.82, 2.24) is 10.2 Å². The maximum absolute atomic E-state index is 7.82. The minimum atomic E-state index is 0.0891. The Morgan fingerprint density at radius 1 is 1.30 bits per heavy atom. The van der Waals surface area contributed by atoms with Gasteiger partial charge in [0.05, 0.1) is 11.3 Å². The fourth-order valence-corrected chi connectivity index (χ4v) is 2.98. The number of amidine groups is 1. The van der Waals surface area contributed by atoms with Crippen LogP contribution in [0.25, 0.3) is 0 Å². The fourth-order valence-electron chi connectivity index (χ4n) is 2.98. The second-order valence-corrected chi connectivity index (χ2v) is 5.74. The summed E-state index contributed by atoms with van der Waals surface area (Å²) in [7, 11) is 0. The zero-order chi connectivity index (χ0) is 14.7. The number of nitrogens with two attached hydrogens (primary N) is 1. The Labute approximate surface area is 121 Å². The van der Waals surface area contributed by atoms with Gasteiger partial charge in [-0.2, -0.15) is 5.10 Å². The van der Waals surface area contributed by atoms with Crippen LogP contribution in [0.1, 0.15) is 49.4 Å². The van der Waals surface area contributed by atoms with E-state index in [0.717, 1.165) is 41.6 Å². The van der Waals surface area contributed by atoms with Crippen molar-refractivity contribution < 1.29 is 0 Å². The molecule has 0 bridgehead atoms. The highest BCUT2D eigenvalue weighted by atomic mass is 15.3. The van der Waals surface area contributed by atoms with Crippen LogP contribution in [0.2, 0.25) is 0 Å². The van der Waals surface area contributed by atoms with Gasteiger partial charge in [0, 0.05) is 13.1 Å². The molecule has 110 valence electrons. The normalized spacial score (nSPS) is 16.4. The van der Waals surface area contributed by atoms with E-state index >= 15 is 0 Å². The quantitative estimate of drug-likeness (QED) is 0.653. The molecule has 1 saturated heterocycles. The molecule has 1 aliphatic rings. The van der Waals surface area contributed by atoms with E-state index in [-0.39, 0.29) is 5.84 Å². The minimum Gasteiger partial charge on any atom is -0.384 e. The molecule has 20 heavy (non-hydrogen) atoms. The fraction of sp³-hybridized carbons (Fsp3) is 0.667. The molecule has 3 N–H and O–H groups in total. The number of nitrogens with zero attached hydrogens (tertiary/aromatic N) is 3. The third kappa shape index (κ3) is 2.92. The lowest BCUT2D eigenvalue weighted by Crippen LogP contribution is -2.36. The Balaban J connectivity index is 2.22. The lowest BCUT2D eigenvalue weighted by atomic mass is 9.92. The van der Waals surface area contributed by atoms with Crippen LogP contribution in [0, 0.1) is 25.2 Å². The highest BCUT2D eigenvalue weighted by Crippen LogP contribution is 2.28. The van der Waals surface area contributed by atoms with E-state index in [9.17, 15) is 0 Å². The molecule has 5 nitrogen and oxygen atoms in total. The zero-order valence-corrected chi connectivity index (χ0v) is 12.7. The molecule has 1 fully saturated rings. The van der Waals surface area contributed by atoms with Crippen molar-refractivity contribution in [1.29, 1.82) is 5.41 Å². The van der Waals surface area contributed by atoms with Crippen LogP contribution < -0.4 is 10.6 Å². The van der Waals surface area contributed by atoms with Gasteiger partial charge < -0.3 is 10.6 Å². The summed E-state index contributed by atoms with van der Waals surface area (Å²) in [4.78, 5) is 2.24. The van der Waals surface area contributed by atoms with Gasteiger partial charge >= 0.3 is 0 Å². The molecule has 0 atom stereocenters. The molecule has 1 aromatic rings. The number of rotatable bonds is 4. The summed E-state index contributed by atoms with van der Waals surface area (Å²) in [6, 6.07) is 0. The standard InChI is InChI=1S/C15H25N5/c1-4-5-12-6-8-20(9-7-12)15-13(14(16)17)10(2)11(3)18-19-15/h12H,4-9H2,1-3H3,(H3,16,17). The van der Waals surface area contributed by atoms with Gasteiger partial charge in [0.2, 0.25) is 0 Å². The van der Waals surface area contributed by atoms with E-state index in [2.05, 4.69) is 22.0 Å². The van der Waals surface area contributed by atoms with Gasteiger partial charge in [-0.15, -0.1) is 5.10 Å². The van der Waals surface area contributed by atoms with E-state index in [4.69, 9.17) is 11.1 Å². The molecule has 0 radical (unpaired) electrons. The van der Waals surface area contributed by atoms with Crippen LogP contribution >= 0.6 is 0 Å². The summed E-state index contributed by atoms with van der Waals surface area (Å²) in [5.74, 6) is 1.71. The molecule has 2 rings (SSSR count). The first kappa shape index (κ1) is 14.8. The summed E-state index contributed by atoms with van der Waals surface area (Å²) in [6.07, 6.45) is 4.96. The number of hydrogen-bond acceptors (Lipinski definition) is 4. The van der Waals surface area contributed by atoms with Crippen molar-refractivity contribution >= 4 is 11.7 Å². The van der Waals surface area contributed by atoms with E-state index in [1.165, 1.54) is 25.7 Å². The van der Waals surface area contributed by atoms with Crippen LogP contribution in [0.3, 0.4) is 0 Å². The Hall–Kier alpha value is -1.65. The SMILES string of the molecule is CCCC1CCN(c2nnc(C)c(C)c2C(=N)N)CC1. The molecular formula is C15H25N5. The predicted octanol–water partition coefficient (Wildman–Crippen LogP) is 2.39. The van der Waals surface area contributed by atoms with Gasteiger partial charge in [-0.1, -0.05) is 19.8 Å². The van der Waals surface area contributed by atoms with Crippen LogP contribution in [-0.2, 0) is 0 Å². The number of nitrogens with one attached hydrogen (secondary N) is 1. The first-order valence-corrected chi connectivity index (χ1v) is 7.47. The third-order valence-electron chi connectivity index (χ3n) is 4.32. The smallest absolute Gasteiger partial charge is 0.162 e. The Morgan fingerprint density at radius 2 is 1.95 bits per heavy atom. The average Bonchev–Trinajstić information content (AvgIpc) is 2.42. The lowest BCUT2D eigenvalue weighted by molar-refractivity contribution is 0.377. The molecular weight excluding hydrogens is 250 g/mol. The lowest BCUT2D eigenvalue weighted by Gasteiger charge is -2.33. The van der Waals surface area contributed by atoms with Crippen LogP contribution in [0.15, 0.2) is 0 Å². The number of nitrogen functional groups attached to an aromatic ring is 1. The Bertz CT molecular complexity index is 489. The Morgan fingerprint density at radius 3 is 2.50 bits per heavy atom. The molecule has 1 aliphatic heterocycles. The number of aromatic nitrogens is 2. The van der Waals surface area contributed by atoms with Crippen molar-refractivity contribution in [2.24, 2.45) is 11.7 Å². The number of anilines is 1. The maximum Gasteiger partial charge on any atom is 0.162 e. The highest BCUT2D eigenvalue weighted by Gasteiger charge is 2.24. The van der Waals surface area contributed by atoms with Gasteiger partial charge in [0.15, 0.2) is 5.82 Å². The van der Waals surface area contributed by atoms with E-state index in [0.29, 0.717) is 0 Å².